The number of thiazole rings is 1. The molecule has 34 heavy (non-hydrogen) atoms. The zero-order chi connectivity index (χ0) is 24.1. The number of nitrogens with one attached hydrogen (secondary N) is 3. The Morgan fingerprint density at radius 1 is 1.15 bits per heavy atom. The SMILES string of the molecule is CN1CCc2nc(C(=O)NCC(NC(=O)C(=O)Nc3ccc(Cl)cn3)c3ccccc3)sc2C1. The summed E-state index contributed by atoms with van der Waals surface area (Å²) in [6, 6.07) is 11.5. The van der Waals surface area contributed by atoms with Crippen molar-refractivity contribution >= 4 is 46.5 Å². The van der Waals surface area contributed by atoms with Gasteiger partial charge in [-0.15, -0.1) is 11.3 Å². The van der Waals surface area contributed by atoms with Gasteiger partial charge in [0.05, 0.1) is 16.8 Å². The van der Waals surface area contributed by atoms with Gasteiger partial charge < -0.3 is 20.9 Å². The van der Waals surface area contributed by atoms with Gasteiger partial charge in [-0.1, -0.05) is 41.9 Å². The fourth-order valence-electron chi connectivity index (χ4n) is 3.47. The molecule has 3 aromatic rings. The topological polar surface area (TPSA) is 116 Å². The maximum atomic E-state index is 12.8. The summed E-state index contributed by atoms with van der Waals surface area (Å²) in [5.74, 6) is -1.84. The zero-order valence-corrected chi connectivity index (χ0v) is 19.9. The average Bonchev–Trinajstić information content (AvgIpc) is 3.26. The predicted molar refractivity (Wildman–Crippen MR) is 130 cm³/mol. The zero-order valence-electron chi connectivity index (χ0n) is 18.4. The predicted octanol–water partition coefficient (Wildman–Crippen LogP) is 2.41. The lowest BCUT2D eigenvalue weighted by atomic mass is 10.1. The molecule has 11 heteroatoms. The Bertz CT molecular complexity index is 1190. The van der Waals surface area contributed by atoms with Crippen LogP contribution in [0, 0.1) is 0 Å². The van der Waals surface area contributed by atoms with E-state index < -0.39 is 17.9 Å². The summed E-state index contributed by atoms with van der Waals surface area (Å²) in [5, 5.41) is 8.76. The van der Waals surface area contributed by atoms with Crippen LogP contribution in [0.5, 0.6) is 0 Å². The number of fused-ring (bicyclic) bond motifs is 1. The van der Waals surface area contributed by atoms with Gasteiger partial charge in [0.25, 0.3) is 5.91 Å². The summed E-state index contributed by atoms with van der Waals surface area (Å²) in [4.78, 5) is 49.4. The van der Waals surface area contributed by atoms with Crippen LogP contribution in [-0.2, 0) is 22.6 Å². The highest BCUT2D eigenvalue weighted by Crippen LogP contribution is 2.24. The number of hydrogen-bond donors (Lipinski definition) is 3. The fraction of sp³-hybridized carbons (Fsp3) is 0.261. The molecule has 1 aliphatic rings. The largest absolute Gasteiger partial charge is 0.348 e. The molecule has 3 N–H and O–H groups in total. The van der Waals surface area contributed by atoms with Crippen LogP contribution in [-0.4, -0.2) is 52.7 Å². The van der Waals surface area contributed by atoms with E-state index in [1.54, 1.807) is 6.07 Å². The molecule has 2 aromatic heterocycles. The third kappa shape index (κ3) is 5.96. The smallest absolute Gasteiger partial charge is 0.314 e. The first-order valence-corrected chi connectivity index (χ1v) is 11.8. The van der Waals surface area contributed by atoms with E-state index in [9.17, 15) is 14.4 Å². The molecule has 1 unspecified atom stereocenters. The Kier molecular flexibility index (Phi) is 7.51. The maximum absolute atomic E-state index is 12.8. The van der Waals surface area contributed by atoms with Gasteiger partial charge in [-0.05, 0) is 24.7 Å². The van der Waals surface area contributed by atoms with E-state index in [1.165, 1.54) is 23.6 Å². The van der Waals surface area contributed by atoms with E-state index in [1.807, 2.05) is 37.4 Å². The molecule has 1 aliphatic heterocycles. The van der Waals surface area contributed by atoms with Crippen molar-refractivity contribution in [3.63, 3.8) is 0 Å². The summed E-state index contributed by atoms with van der Waals surface area (Å²) in [7, 11) is 2.04. The van der Waals surface area contributed by atoms with Crippen molar-refractivity contribution in [3.05, 3.63) is 74.8 Å². The van der Waals surface area contributed by atoms with Crippen LogP contribution in [0.1, 0.15) is 32.0 Å². The molecule has 4 rings (SSSR count). The van der Waals surface area contributed by atoms with E-state index in [4.69, 9.17) is 11.6 Å². The first-order valence-electron chi connectivity index (χ1n) is 10.6. The van der Waals surface area contributed by atoms with Gasteiger partial charge >= 0.3 is 11.8 Å². The van der Waals surface area contributed by atoms with Gasteiger partial charge in [-0.2, -0.15) is 0 Å². The number of halogens is 1. The molecule has 0 spiro atoms. The van der Waals surface area contributed by atoms with Gasteiger partial charge in [0.2, 0.25) is 0 Å². The lowest BCUT2D eigenvalue weighted by molar-refractivity contribution is -0.136. The normalized spacial score (nSPS) is 14.1. The quantitative estimate of drug-likeness (QED) is 0.449. The summed E-state index contributed by atoms with van der Waals surface area (Å²) in [6.45, 7) is 1.78. The van der Waals surface area contributed by atoms with Crippen molar-refractivity contribution < 1.29 is 14.4 Å². The van der Waals surface area contributed by atoms with E-state index in [0.29, 0.717) is 10.0 Å². The Hall–Kier alpha value is -3.34. The summed E-state index contributed by atoms with van der Waals surface area (Å²) in [5.41, 5.74) is 1.71. The molecule has 1 atom stereocenters. The van der Waals surface area contributed by atoms with Crippen molar-refractivity contribution in [2.45, 2.75) is 19.0 Å². The van der Waals surface area contributed by atoms with Gasteiger partial charge in [-0.25, -0.2) is 9.97 Å². The number of aromatic nitrogens is 2. The van der Waals surface area contributed by atoms with Crippen LogP contribution in [0.4, 0.5) is 5.82 Å². The van der Waals surface area contributed by atoms with Gasteiger partial charge in [0.1, 0.15) is 5.82 Å². The number of hydrogen-bond acceptors (Lipinski definition) is 7. The number of rotatable bonds is 6. The van der Waals surface area contributed by atoms with Crippen molar-refractivity contribution in [1.82, 2.24) is 25.5 Å². The van der Waals surface area contributed by atoms with Gasteiger partial charge in [0.15, 0.2) is 5.01 Å². The minimum atomic E-state index is -0.876. The second kappa shape index (κ2) is 10.7. The molecule has 0 radical (unpaired) electrons. The number of nitrogens with zero attached hydrogens (tertiary/aromatic N) is 3. The van der Waals surface area contributed by atoms with E-state index in [0.717, 1.165) is 35.6 Å². The highest BCUT2D eigenvalue weighted by molar-refractivity contribution is 7.13. The van der Waals surface area contributed by atoms with E-state index in [-0.39, 0.29) is 18.3 Å². The number of benzene rings is 1. The highest BCUT2D eigenvalue weighted by Gasteiger charge is 2.24. The van der Waals surface area contributed by atoms with Crippen molar-refractivity contribution in [3.8, 4) is 0 Å². The van der Waals surface area contributed by atoms with E-state index >= 15 is 0 Å². The van der Waals surface area contributed by atoms with Crippen molar-refractivity contribution in [1.29, 1.82) is 0 Å². The molecule has 0 bridgehead atoms. The second-order valence-corrected chi connectivity index (χ2v) is 9.36. The first-order chi connectivity index (χ1) is 16.4. The molecule has 0 aliphatic carbocycles. The molecular formula is C23H23ClN6O3S. The molecule has 0 fully saturated rings. The Labute approximate surface area is 205 Å². The number of carbonyl (C=O) groups excluding carboxylic acids is 3. The summed E-state index contributed by atoms with van der Waals surface area (Å²) >= 11 is 7.18. The molecule has 9 nitrogen and oxygen atoms in total. The highest BCUT2D eigenvalue weighted by atomic mass is 35.5. The number of likely N-dealkylation sites (N-methyl/N-ethyl adjacent to an activating group) is 1. The number of carbonyl (C=O) groups is 3. The molecule has 3 heterocycles. The lowest BCUT2D eigenvalue weighted by Gasteiger charge is -2.20. The number of pyridine rings is 1. The molecule has 3 amide bonds. The third-order valence-electron chi connectivity index (χ3n) is 5.27. The molecule has 1 aromatic carbocycles. The van der Waals surface area contributed by atoms with E-state index in [2.05, 4.69) is 30.8 Å². The van der Waals surface area contributed by atoms with Gasteiger partial charge in [0, 0.05) is 37.1 Å². The Balaban J connectivity index is 1.41. The standard InChI is InChI=1S/C23H23ClN6O3S/c1-30-10-9-16-18(13-30)34-23(28-16)22(33)26-12-17(14-5-3-2-4-6-14)27-20(31)21(32)29-19-8-7-15(24)11-25-19/h2-8,11,17H,9-10,12-13H2,1H3,(H,26,33)(H,27,31)(H,25,29,32). The molecule has 0 saturated heterocycles. The minimum Gasteiger partial charge on any atom is -0.348 e. The lowest BCUT2D eigenvalue weighted by Crippen LogP contribution is -2.42. The Morgan fingerprint density at radius 2 is 1.94 bits per heavy atom. The van der Waals surface area contributed by atoms with Crippen LogP contribution in [0.15, 0.2) is 48.7 Å². The van der Waals surface area contributed by atoms with Crippen LogP contribution >= 0.6 is 22.9 Å². The van der Waals surface area contributed by atoms with Crippen LogP contribution in [0.25, 0.3) is 0 Å². The summed E-state index contributed by atoms with van der Waals surface area (Å²) in [6.07, 6.45) is 2.18. The molecule has 176 valence electrons. The molecule has 0 saturated carbocycles. The Morgan fingerprint density at radius 3 is 2.68 bits per heavy atom. The van der Waals surface area contributed by atoms with Crippen molar-refractivity contribution in [2.75, 3.05) is 25.5 Å². The first kappa shape index (κ1) is 23.8. The van der Waals surface area contributed by atoms with Crippen LogP contribution in [0.3, 0.4) is 0 Å². The molecular weight excluding hydrogens is 476 g/mol. The minimum absolute atomic E-state index is 0.0885. The van der Waals surface area contributed by atoms with Crippen molar-refractivity contribution in [2.24, 2.45) is 0 Å². The summed E-state index contributed by atoms with van der Waals surface area (Å²) < 4.78 is 0. The monoisotopic (exact) mass is 498 g/mol. The maximum Gasteiger partial charge on any atom is 0.314 e. The number of anilines is 1. The fourth-order valence-corrected chi connectivity index (χ4v) is 4.69. The second-order valence-electron chi connectivity index (χ2n) is 7.84. The van der Waals surface area contributed by atoms with Gasteiger partial charge in [-0.3, -0.25) is 14.4 Å². The third-order valence-corrected chi connectivity index (χ3v) is 6.57. The number of amides is 3. The average molecular weight is 499 g/mol. The van der Waals surface area contributed by atoms with Crippen LogP contribution in [0.2, 0.25) is 5.02 Å². The van der Waals surface area contributed by atoms with Crippen LogP contribution < -0.4 is 16.0 Å².